The molecular weight excluding hydrogens is 298 g/mol. The average Bonchev–Trinajstić information content (AvgIpc) is 3.28. The molecule has 122 valence electrons. The zero-order chi connectivity index (χ0) is 16.6. The molecule has 0 saturated heterocycles. The molecular formula is C16H19N3O4. The third kappa shape index (κ3) is 3.04. The molecule has 7 heteroatoms. The van der Waals surface area contributed by atoms with E-state index >= 15 is 0 Å². The fourth-order valence-corrected chi connectivity index (χ4v) is 2.67. The van der Waals surface area contributed by atoms with Crippen LogP contribution in [0.5, 0.6) is 0 Å². The molecule has 1 aliphatic carbocycles. The maximum absolute atomic E-state index is 12.7. The van der Waals surface area contributed by atoms with E-state index in [0.717, 1.165) is 25.0 Å². The van der Waals surface area contributed by atoms with Crippen LogP contribution in [0.3, 0.4) is 0 Å². The quantitative estimate of drug-likeness (QED) is 0.877. The third-order valence-electron chi connectivity index (χ3n) is 3.97. The van der Waals surface area contributed by atoms with Crippen molar-refractivity contribution in [1.82, 2.24) is 15.0 Å². The number of amides is 1. The van der Waals surface area contributed by atoms with Crippen LogP contribution >= 0.6 is 0 Å². The number of carbonyl (C=O) groups excluding carboxylic acids is 1. The van der Waals surface area contributed by atoms with Crippen molar-refractivity contribution in [2.75, 3.05) is 13.6 Å². The highest BCUT2D eigenvalue weighted by atomic mass is 16.5. The van der Waals surface area contributed by atoms with Crippen LogP contribution in [0.25, 0.3) is 11.1 Å². The molecule has 23 heavy (non-hydrogen) atoms. The minimum atomic E-state index is -1.05. The molecule has 0 aromatic carbocycles. The summed E-state index contributed by atoms with van der Waals surface area (Å²) in [7, 11) is 1.48. The number of aryl methyl sites for hydroxylation is 1. The van der Waals surface area contributed by atoms with E-state index < -0.39 is 5.97 Å². The van der Waals surface area contributed by atoms with Crippen LogP contribution in [0.1, 0.15) is 53.8 Å². The third-order valence-corrected chi connectivity index (χ3v) is 3.97. The van der Waals surface area contributed by atoms with Gasteiger partial charge in [-0.2, -0.15) is 0 Å². The number of carboxylic acids is 1. The first-order valence-corrected chi connectivity index (χ1v) is 7.77. The number of aliphatic carboxylic acids is 1. The highest BCUT2D eigenvalue weighted by Gasteiger charge is 2.30. The fraction of sp³-hybridized carbons (Fsp3) is 0.500. The number of hydrogen-bond donors (Lipinski definition) is 1. The SMILES string of the molecule is CCCc1noc2nc(C3CC3)cc(C(=O)N(C)CC(=O)O)c12. The molecule has 1 N–H and O–H groups in total. The van der Waals surface area contributed by atoms with Crippen LogP contribution in [0, 0.1) is 0 Å². The molecule has 1 aliphatic rings. The summed E-state index contributed by atoms with van der Waals surface area (Å²) in [6, 6.07) is 1.77. The molecule has 1 saturated carbocycles. The topological polar surface area (TPSA) is 96.5 Å². The lowest BCUT2D eigenvalue weighted by Crippen LogP contribution is -2.32. The van der Waals surface area contributed by atoms with Crippen molar-refractivity contribution in [2.24, 2.45) is 0 Å². The molecule has 0 spiro atoms. The number of nitrogens with zero attached hydrogens (tertiary/aromatic N) is 3. The molecule has 2 heterocycles. The summed E-state index contributed by atoms with van der Waals surface area (Å²) in [5.41, 5.74) is 2.32. The van der Waals surface area contributed by atoms with Crippen molar-refractivity contribution < 1.29 is 19.2 Å². The summed E-state index contributed by atoms with van der Waals surface area (Å²) in [4.78, 5) is 29.3. The Bertz CT molecular complexity index is 764. The predicted octanol–water partition coefficient (Wildman–Crippen LogP) is 2.21. The molecule has 0 bridgehead atoms. The van der Waals surface area contributed by atoms with Crippen molar-refractivity contribution in [2.45, 2.75) is 38.5 Å². The number of aromatic nitrogens is 2. The molecule has 0 radical (unpaired) electrons. The molecule has 1 fully saturated rings. The van der Waals surface area contributed by atoms with Gasteiger partial charge in [-0.3, -0.25) is 9.59 Å². The van der Waals surface area contributed by atoms with E-state index in [0.29, 0.717) is 34.7 Å². The summed E-state index contributed by atoms with van der Waals surface area (Å²) in [5, 5.41) is 13.6. The van der Waals surface area contributed by atoms with Gasteiger partial charge in [0.25, 0.3) is 11.6 Å². The van der Waals surface area contributed by atoms with Gasteiger partial charge in [0.1, 0.15) is 6.54 Å². The van der Waals surface area contributed by atoms with E-state index in [9.17, 15) is 9.59 Å². The van der Waals surface area contributed by atoms with Gasteiger partial charge >= 0.3 is 5.97 Å². The maximum Gasteiger partial charge on any atom is 0.323 e. The Morgan fingerprint density at radius 1 is 1.43 bits per heavy atom. The summed E-state index contributed by atoms with van der Waals surface area (Å²) in [5.74, 6) is -1.04. The smallest absolute Gasteiger partial charge is 0.323 e. The fourth-order valence-electron chi connectivity index (χ4n) is 2.67. The van der Waals surface area contributed by atoms with Crippen LogP contribution < -0.4 is 0 Å². The molecule has 2 aromatic heterocycles. The molecule has 2 aromatic rings. The van der Waals surface area contributed by atoms with Gasteiger partial charge in [0.15, 0.2) is 0 Å². The monoisotopic (exact) mass is 317 g/mol. The molecule has 1 amide bonds. The number of carbonyl (C=O) groups is 2. The van der Waals surface area contributed by atoms with E-state index in [-0.39, 0.29) is 12.5 Å². The van der Waals surface area contributed by atoms with E-state index in [4.69, 9.17) is 9.63 Å². The lowest BCUT2D eigenvalue weighted by Gasteiger charge is -2.15. The van der Waals surface area contributed by atoms with Gasteiger partial charge in [-0.15, -0.1) is 0 Å². The minimum Gasteiger partial charge on any atom is -0.480 e. The minimum absolute atomic E-state index is 0.345. The number of hydrogen-bond acceptors (Lipinski definition) is 5. The van der Waals surface area contributed by atoms with Gasteiger partial charge in [0.2, 0.25) is 0 Å². The maximum atomic E-state index is 12.7. The second-order valence-corrected chi connectivity index (χ2v) is 5.98. The van der Waals surface area contributed by atoms with Gasteiger partial charge in [0, 0.05) is 18.7 Å². The highest BCUT2D eigenvalue weighted by molar-refractivity contribution is 6.06. The van der Waals surface area contributed by atoms with E-state index in [1.54, 1.807) is 6.07 Å². The first-order valence-electron chi connectivity index (χ1n) is 7.77. The Hall–Kier alpha value is -2.44. The summed E-state index contributed by atoms with van der Waals surface area (Å²) in [6.45, 7) is 1.67. The summed E-state index contributed by atoms with van der Waals surface area (Å²) >= 11 is 0. The van der Waals surface area contributed by atoms with E-state index in [1.807, 2.05) is 6.92 Å². The van der Waals surface area contributed by atoms with Gasteiger partial charge in [-0.1, -0.05) is 18.5 Å². The van der Waals surface area contributed by atoms with Gasteiger partial charge in [-0.25, -0.2) is 4.98 Å². The van der Waals surface area contributed by atoms with Crippen LogP contribution in [0.2, 0.25) is 0 Å². The van der Waals surface area contributed by atoms with Crippen molar-refractivity contribution in [3.8, 4) is 0 Å². The first-order chi connectivity index (χ1) is 11.0. The van der Waals surface area contributed by atoms with Crippen LogP contribution in [-0.4, -0.2) is 45.6 Å². The second-order valence-electron chi connectivity index (χ2n) is 5.98. The largest absolute Gasteiger partial charge is 0.480 e. The van der Waals surface area contributed by atoms with Crippen molar-refractivity contribution in [1.29, 1.82) is 0 Å². The molecule has 0 unspecified atom stereocenters. The Morgan fingerprint density at radius 3 is 2.78 bits per heavy atom. The van der Waals surface area contributed by atoms with Gasteiger partial charge in [0.05, 0.1) is 16.6 Å². The van der Waals surface area contributed by atoms with Crippen LogP contribution in [-0.2, 0) is 11.2 Å². The Labute approximate surface area is 133 Å². The Kier molecular flexibility index (Phi) is 4.02. The zero-order valence-electron chi connectivity index (χ0n) is 13.2. The van der Waals surface area contributed by atoms with E-state index in [1.165, 1.54) is 11.9 Å². The normalized spacial score (nSPS) is 14.2. The van der Waals surface area contributed by atoms with Crippen molar-refractivity contribution in [3.05, 3.63) is 23.0 Å². The first kappa shape index (κ1) is 15.5. The molecule has 0 aliphatic heterocycles. The highest BCUT2D eigenvalue weighted by Crippen LogP contribution is 2.40. The number of likely N-dealkylation sites (N-methyl/N-ethyl adjacent to an activating group) is 1. The Morgan fingerprint density at radius 2 is 2.17 bits per heavy atom. The Balaban J connectivity index is 2.09. The second kappa shape index (κ2) is 5.98. The lowest BCUT2D eigenvalue weighted by molar-refractivity contribution is -0.137. The molecule has 3 rings (SSSR count). The predicted molar refractivity (Wildman–Crippen MR) is 82.4 cm³/mol. The van der Waals surface area contributed by atoms with Crippen LogP contribution in [0.4, 0.5) is 0 Å². The number of carboxylic acid groups (broad SMARTS) is 1. The van der Waals surface area contributed by atoms with Crippen molar-refractivity contribution in [3.63, 3.8) is 0 Å². The molecule has 0 atom stereocenters. The number of pyridine rings is 1. The standard InChI is InChI=1S/C16H19N3O4/c1-3-4-11-14-10(16(22)19(2)8-13(20)21)7-12(9-5-6-9)17-15(14)23-18-11/h7,9H,3-6,8H2,1-2H3,(H,20,21). The van der Waals surface area contributed by atoms with Crippen LogP contribution in [0.15, 0.2) is 10.6 Å². The van der Waals surface area contributed by atoms with Gasteiger partial charge in [-0.05, 0) is 25.3 Å². The summed E-state index contributed by atoms with van der Waals surface area (Å²) < 4.78 is 5.32. The number of fused-ring (bicyclic) bond motifs is 1. The molecule has 7 nitrogen and oxygen atoms in total. The lowest BCUT2D eigenvalue weighted by atomic mass is 10.0. The average molecular weight is 317 g/mol. The van der Waals surface area contributed by atoms with E-state index in [2.05, 4.69) is 10.1 Å². The van der Waals surface area contributed by atoms with Crippen molar-refractivity contribution >= 4 is 23.0 Å². The summed E-state index contributed by atoms with van der Waals surface area (Å²) in [6.07, 6.45) is 3.64. The van der Waals surface area contributed by atoms with Gasteiger partial charge < -0.3 is 14.5 Å². The number of rotatable bonds is 6. The zero-order valence-corrected chi connectivity index (χ0v) is 13.2.